The number of phosphoric acid groups is 1. The Balaban J connectivity index is 5.36. The summed E-state index contributed by atoms with van der Waals surface area (Å²) in [5.41, 5.74) is 0. The largest absolute Gasteiger partial charge is 0.472 e. The van der Waals surface area contributed by atoms with E-state index in [1.54, 1.807) is 0 Å². The molecule has 0 fully saturated rings. The highest BCUT2D eigenvalue weighted by atomic mass is 31.2. The highest BCUT2D eigenvalue weighted by Gasteiger charge is 2.30. The number of carbonyl (C=O) groups excluding carboxylic acids is 2. The average Bonchev–Trinajstić information content (AvgIpc) is 3.32. The molecule has 0 heterocycles. The number of nitrogens with one attached hydrogen (secondary N) is 1. The molecule has 3 atom stereocenters. The van der Waals surface area contributed by atoms with Crippen LogP contribution in [-0.4, -0.2) is 74.3 Å². The third kappa shape index (κ3) is 50.6. The first kappa shape index (κ1) is 67.7. The molecule has 0 radical (unpaired) electrons. The molecule has 9 nitrogen and oxygen atoms in total. The van der Waals surface area contributed by atoms with E-state index in [1.165, 1.54) is 161 Å². The van der Waals surface area contributed by atoms with Gasteiger partial charge in [-0.1, -0.05) is 223 Å². The molecule has 0 aromatic carbocycles. The zero-order valence-electron chi connectivity index (χ0n) is 46.5. The quantitative estimate of drug-likeness (QED) is 0.0205. The average molecular weight is 1000 g/mol. The number of esters is 1. The van der Waals surface area contributed by atoms with Gasteiger partial charge >= 0.3 is 13.8 Å². The highest BCUT2D eigenvalue weighted by molar-refractivity contribution is 7.47. The van der Waals surface area contributed by atoms with E-state index in [0.29, 0.717) is 17.4 Å². The number of likely N-dealkylation sites (N-methyl/N-ethyl adjacent to an activating group) is 1. The Morgan fingerprint density at radius 2 is 0.886 bits per heavy atom. The van der Waals surface area contributed by atoms with Gasteiger partial charge in [-0.3, -0.25) is 18.6 Å². The van der Waals surface area contributed by atoms with Crippen molar-refractivity contribution in [3.63, 3.8) is 0 Å². The Bertz CT molecular complexity index is 1390. The summed E-state index contributed by atoms with van der Waals surface area (Å²) in [6.07, 6.45) is 62.3. The molecule has 0 aromatic heterocycles. The highest BCUT2D eigenvalue weighted by Crippen LogP contribution is 2.43. The number of carbonyl (C=O) groups is 2. The van der Waals surface area contributed by atoms with E-state index in [1.807, 2.05) is 39.4 Å². The lowest BCUT2D eigenvalue weighted by molar-refractivity contribution is -0.870. The molecule has 0 aromatic rings. The molecule has 1 amide bonds. The lowest BCUT2D eigenvalue weighted by atomic mass is 10.0. The van der Waals surface area contributed by atoms with E-state index in [4.69, 9.17) is 13.8 Å². The van der Waals surface area contributed by atoms with E-state index in [9.17, 15) is 19.0 Å². The molecular formula is C60H112N2O7P+. The van der Waals surface area contributed by atoms with E-state index in [-0.39, 0.29) is 37.9 Å². The smallest absolute Gasteiger partial charge is 0.456 e. The lowest BCUT2D eigenvalue weighted by Crippen LogP contribution is -2.47. The minimum atomic E-state index is -4.46. The number of amides is 1. The molecule has 3 unspecified atom stereocenters. The van der Waals surface area contributed by atoms with Crippen molar-refractivity contribution < 1.29 is 37.3 Å². The van der Waals surface area contributed by atoms with Crippen molar-refractivity contribution >= 4 is 19.7 Å². The summed E-state index contributed by atoms with van der Waals surface area (Å²) >= 11 is 0. The van der Waals surface area contributed by atoms with Crippen molar-refractivity contribution in [2.24, 2.45) is 0 Å². The fourth-order valence-electron chi connectivity index (χ4n) is 8.14. The molecule has 0 rings (SSSR count). The van der Waals surface area contributed by atoms with Crippen molar-refractivity contribution in [3.8, 4) is 0 Å². The van der Waals surface area contributed by atoms with Gasteiger partial charge < -0.3 is 19.4 Å². The summed E-state index contributed by atoms with van der Waals surface area (Å²) in [5, 5.41) is 3.00. The van der Waals surface area contributed by atoms with Crippen LogP contribution >= 0.6 is 7.82 Å². The molecule has 0 aliphatic heterocycles. The number of rotatable bonds is 52. The maximum absolute atomic E-state index is 13.4. The summed E-state index contributed by atoms with van der Waals surface area (Å²) in [4.78, 5) is 37.5. The van der Waals surface area contributed by atoms with Crippen LogP contribution in [0.4, 0.5) is 0 Å². The third-order valence-corrected chi connectivity index (χ3v) is 13.7. The van der Waals surface area contributed by atoms with Crippen molar-refractivity contribution in [2.45, 2.75) is 270 Å². The summed E-state index contributed by atoms with van der Waals surface area (Å²) in [7, 11) is 1.46. The normalized spacial score (nSPS) is 14.2. The Morgan fingerprint density at radius 1 is 0.500 bits per heavy atom. The van der Waals surface area contributed by atoms with Gasteiger partial charge in [-0.15, -0.1) is 0 Å². The summed E-state index contributed by atoms with van der Waals surface area (Å²) in [6.45, 7) is 6.93. The molecule has 2 N–H and O–H groups in total. The predicted molar refractivity (Wildman–Crippen MR) is 300 cm³/mol. The number of quaternary nitrogens is 1. The molecular weight excluding hydrogens is 892 g/mol. The Hall–Kier alpha value is -2.29. The van der Waals surface area contributed by atoms with E-state index in [0.717, 1.165) is 57.8 Å². The molecule has 0 aliphatic rings. The van der Waals surface area contributed by atoms with E-state index in [2.05, 4.69) is 68.6 Å². The Morgan fingerprint density at radius 3 is 1.34 bits per heavy atom. The standard InChI is InChI=1S/C60H111N2O7P/c1-7-10-13-16-19-22-25-28-29-30-31-32-33-35-38-41-44-47-50-53-60(64)69-58(51-48-45-42-39-36-27-24-21-18-15-12-9-3)57(56-68-70(65,66)67-55-54-62(4,5)6)61-59(63)52-49-46-43-40-37-34-26-23-20-17-14-11-8-2/h19,22,28-29,34,37,43,46,48,51,57-58H,7-18,20-21,23-27,30-33,35-36,38-42,44-45,47,49-50,52-56H2,1-6H3,(H-,61,63,65,66)/p+1/b22-19-,29-28-,37-34-,46-43+,51-48-. The van der Waals surface area contributed by atoms with Gasteiger partial charge in [-0.25, -0.2) is 4.57 Å². The van der Waals surface area contributed by atoms with Crippen LogP contribution in [0.2, 0.25) is 0 Å². The first-order valence-corrected chi connectivity index (χ1v) is 30.6. The molecule has 0 bridgehead atoms. The maximum Gasteiger partial charge on any atom is 0.472 e. The fourth-order valence-corrected chi connectivity index (χ4v) is 8.87. The minimum absolute atomic E-state index is 0.0294. The van der Waals surface area contributed by atoms with Crippen LogP contribution in [0.1, 0.15) is 258 Å². The number of allylic oxidation sites excluding steroid dienone is 9. The third-order valence-electron chi connectivity index (χ3n) is 12.7. The van der Waals surface area contributed by atoms with Gasteiger partial charge in [0.2, 0.25) is 5.91 Å². The number of hydrogen-bond donors (Lipinski definition) is 2. The Labute approximate surface area is 432 Å². The van der Waals surface area contributed by atoms with E-state index < -0.39 is 20.0 Å². The molecule has 0 spiro atoms. The lowest BCUT2D eigenvalue weighted by Gasteiger charge is -2.27. The predicted octanol–water partition coefficient (Wildman–Crippen LogP) is 17.5. The SMILES string of the molecule is CCCCC/C=C\C/C=C\CCCCCCCCCCCC(=O)OC(/C=C\CCCCCCCCCCCC)C(COP(=O)(O)OCC[N+](C)(C)C)NC(=O)CC/C=C/C/C=C\CCCCCCCC. The second-order valence-electron chi connectivity index (χ2n) is 20.8. The van der Waals surface area contributed by atoms with Crippen LogP contribution in [-0.2, 0) is 27.9 Å². The van der Waals surface area contributed by atoms with Gasteiger partial charge in [0.05, 0.1) is 33.8 Å². The number of nitrogens with zero attached hydrogens (tertiary/aromatic N) is 1. The van der Waals surface area contributed by atoms with Gasteiger partial charge in [0.15, 0.2) is 0 Å². The van der Waals surface area contributed by atoms with Gasteiger partial charge in [0.25, 0.3) is 0 Å². The summed E-state index contributed by atoms with van der Waals surface area (Å²) < 4.78 is 30.6. The van der Waals surface area contributed by atoms with Crippen LogP contribution in [0.25, 0.3) is 0 Å². The van der Waals surface area contributed by atoms with Gasteiger partial charge in [-0.05, 0) is 83.1 Å². The van der Waals surface area contributed by atoms with E-state index >= 15 is 0 Å². The number of hydrogen-bond acceptors (Lipinski definition) is 6. The number of ether oxygens (including phenoxy) is 1. The summed E-state index contributed by atoms with van der Waals surface area (Å²) in [5.74, 6) is -0.586. The molecule has 0 saturated carbocycles. The number of unbranched alkanes of at least 4 members (excludes halogenated alkanes) is 28. The zero-order valence-corrected chi connectivity index (χ0v) is 47.4. The zero-order chi connectivity index (χ0) is 51.5. The first-order chi connectivity index (χ1) is 33.9. The molecule has 0 aliphatic carbocycles. The van der Waals surface area contributed by atoms with Gasteiger partial charge in [-0.2, -0.15) is 0 Å². The molecule has 10 heteroatoms. The van der Waals surface area contributed by atoms with Crippen molar-refractivity contribution in [3.05, 3.63) is 60.8 Å². The van der Waals surface area contributed by atoms with Crippen molar-refractivity contribution in [2.75, 3.05) is 40.9 Å². The fraction of sp³-hybridized carbons (Fsp3) is 0.800. The number of phosphoric ester groups is 1. The maximum atomic E-state index is 13.4. The first-order valence-electron chi connectivity index (χ1n) is 29.1. The van der Waals surface area contributed by atoms with Gasteiger partial charge in [0, 0.05) is 12.8 Å². The van der Waals surface area contributed by atoms with Crippen LogP contribution in [0, 0.1) is 0 Å². The van der Waals surface area contributed by atoms with Crippen molar-refractivity contribution in [1.82, 2.24) is 5.32 Å². The second kappa shape index (κ2) is 50.3. The topological polar surface area (TPSA) is 111 Å². The summed E-state index contributed by atoms with van der Waals surface area (Å²) in [6, 6.07) is -0.880. The molecule has 408 valence electrons. The second-order valence-corrected chi connectivity index (χ2v) is 22.3. The van der Waals surface area contributed by atoms with Crippen LogP contribution < -0.4 is 5.32 Å². The van der Waals surface area contributed by atoms with Crippen LogP contribution in [0.15, 0.2) is 60.8 Å². The van der Waals surface area contributed by atoms with Crippen molar-refractivity contribution in [1.29, 1.82) is 0 Å². The van der Waals surface area contributed by atoms with Crippen LogP contribution in [0.5, 0.6) is 0 Å². The monoisotopic (exact) mass is 1000 g/mol. The van der Waals surface area contributed by atoms with Crippen LogP contribution in [0.3, 0.4) is 0 Å². The Kier molecular flexibility index (Phi) is 48.6. The minimum Gasteiger partial charge on any atom is -0.456 e. The van der Waals surface area contributed by atoms with Gasteiger partial charge in [0.1, 0.15) is 19.3 Å². The molecule has 0 saturated heterocycles. The molecule has 70 heavy (non-hydrogen) atoms.